The van der Waals surface area contributed by atoms with Gasteiger partial charge in [0.05, 0.1) is 11.6 Å². The summed E-state index contributed by atoms with van der Waals surface area (Å²) in [6.07, 6.45) is -3.67. The van der Waals surface area contributed by atoms with E-state index in [2.05, 4.69) is 26.1 Å². The summed E-state index contributed by atoms with van der Waals surface area (Å²) in [6.45, 7) is 8.62. The maximum atomic E-state index is 13.1. The highest BCUT2D eigenvalue weighted by Gasteiger charge is 2.35. The Morgan fingerprint density at radius 3 is 2.28 bits per heavy atom. The number of benzene rings is 2. The third-order valence-electron chi connectivity index (χ3n) is 5.74. The summed E-state index contributed by atoms with van der Waals surface area (Å²) in [5.74, 6) is 0. The fourth-order valence-corrected chi connectivity index (χ4v) is 3.48. The SMILES string of the molecule is CC(NC(=O)N1CCc2ccccc2[C@H]1c1ccc(C(F)(F)F)cc1)C(C)(C)C. The van der Waals surface area contributed by atoms with Crippen LogP contribution in [-0.4, -0.2) is 23.5 Å². The van der Waals surface area contributed by atoms with E-state index < -0.39 is 17.8 Å². The Hall–Kier alpha value is -2.50. The quantitative estimate of drug-likeness (QED) is 0.674. The Kier molecular flexibility index (Phi) is 5.65. The van der Waals surface area contributed by atoms with Crippen LogP contribution < -0.4 is 5.32 Å². The largest absolute Gasteiger partial charge is 0.416 e. The second kappa shape index (κ2) is 7.73. The molecule has 2 atom stereocenters. The van der Waals surface area contributed by atoms with E-state index >= 15 is 0 Å². The van der Waals surface area contributed by atoms with Gasteiger partial charge in [-0.2, -0.15) is 13.2 Å². The first-order chi connectivity index (χ1) is 13.5. The Balaban J connectivity index is 1.97. The van der Waals surface area contributed by atoms with E-state index in [1.54, 1.807) is 4.90 Å². The molecule has 0 aliphatic carbocycles. The van der Waals surface area contributed by atoms with E-state index in [1.165, 1.54) is 12.1 Å². The van der Waals surface area contributed by atoms with Crippen LogP contribution in [0.4, 0.5) is 18.0 Å². The normalized spacial score (nSPS) is 18.2. The number of urea groups is 1. The van der Waals surface area contributed by atoms with E-state index in [4.69, 9.17) is 0 Å². The Morgan fingerprint density at radius 2 is 1.69 bits per heavy atom. The minimum atomic E-state index is -4.39. The van der Waals surface area contributed by atoms with Crippen LogP contribution in [0.25, 0.3) is 0 Å². The minimum absolute atomic E-state index is 0.0552. The van der Waals surface area contributed by atoms with Crippen LogP contribution in [0.2, 0.25) is 0 Å². The van der Waals surface area contributed by atoms with Crippen molar-refractivity contribution in [2.75, 3.05) is 6.54 Å². The number of alkyl halides is 3. The number of amides is 2. The molecule has 1 aliphatic rings. The highest BCUT2D eigenvalue weighted by atomic mass is 19.4. The van der Waals surface area contributed by atoms with Crippen molar-refractivity contribution in [3.05, 3.63) is 70.8 Å². The standard InChI is InChI=1S/C23H27F3N2O/c1-15(22(2,3)4)27-21(29)28-14-13-16-7-5-6-8-19(16)20(28)17-9-11-18(12-10-17)23(24,25)26/h5-12,15,20H,13-14H2,1-4H3,(H,27,29)/t15?,20-/m1/s1. The molecule has 2 amide bonds. The summed E-state index contributed by atoms with van der Waals surface area (Å²) in [4.78, 5) is 14.8. The summed E-state index contributed by atoms with van der Waals surface area (Å²) in [6, 6.07) is 12.2. The molecule has 0 spiro atoms. The van der Waals surface area contributed by atoms with Gasteiger partial charge in [0.15, 0.2) is 0 Å². The number of nitrogens with one attached hydrogen (secondary N) is 1. The Labute approximate surface area is 169 Å². The zero-order valence-electron chi connectivity index (χ0n) is 17.2. The molecule has 0 aromatic heterocycles. The van der Waals surface area contributed by atoms with Crippen LogP contribution >= 0.6 is 0 Å². The highest BCUT2D eigenvalue weighted by molar-refractivity contribution is 5.76. The molecule has 3 rings (SSSR count). The van der Waals surface area contributed by atoms with Gasteiger partial charge in [-0.1, -0.05) is 57.2 Å². The van der Waals surface area contributed by atoms with Crippen LogP contribution in [0.3, 0.4) is 0 Å². The average Bonchev–Trinajstić information content (AvgIpc) is 2.65. The number of hydrogen-bond acceptors (Lipinski definition) is 1. The molecule has 2 aromatic rings. The summed E-state index contributed by atoms with van der Waals surface area (Å²) >= 11 is 0. The van der Waals surface area contributed by atoms with Gasteiger partial charge in [-0.15, -0.1) is 0 Å². The van der Waals surface area contributed by atoms with Crippen molar-refractivity contribution in [1.29, 1.82) is 0 Å². The third kappa shape index (κ3) is 4.57. The molecule has 0 saturated carbocycles. The predicted octanol–water partition coefficient (Wildman–Crippen LogP) is 5.80. The van der Waals surface area contributed by atoms with E-state index in [0.717, 1.165) is 23.3 Å². The number of hydrogen-bond donors (Lipinski definition) is 1. The van der Waals surface area contributed by atoms with Gasteiger partial charge in [-0.05, 0) is 47.6 Å². The highest BCUT2D eigenvalue weighted by Crippen LogP contribution is 2.37. The van der Waals surface area contributed by atoms with Gasteiger partial charge >= 0.3 is 12.2 Å². The second-order valence-corrected chi connectivity index (χ2v) is 8.70. The second-order valence-electron chi connectivity index (χ2n) is 8.70. The zero-order chi connectivity index (χ0) is 21.4. The molecule has 1 N–H and O–H groups in total. The van der Waals surface area contributed by atoms with Gasteiger partial charge in [0.1, 0.15) is 0 Å². The van der Waals surface area contributed by atoms with Crippen molar-refractivity contribution in [3.63, 3.8) is 0 Å². The molecule has 1 heterocycles. The molecule has 0 radical (unpaired) electrons. The Bertz CT molecular complexity index is 869. The van der Waals surface area contributed by atoms with Gasteiger partial charge in [-0.3, -0.25) is 0 Å². The smallest absolute Gasteiger partial charge is 0.335 e. The fourth-order valence-electron chi connectivity index (χ4n) is 3.48. The topological polar surface area (TPSA) is 32.3 Å². The Morgan fingerprint density at radius 1 is 1.07 bits per heavy atom. The number of halogens is 3. The van der Waals surface area contributed by atoms with E-state index in [9.17, 15) is 18.0 Å². The number of carbonyl (C=O) groups excluding carboxylic acids is 1. The maximum Gasteiger partial charge on any atom is 0.416 e. The van der Waals surface area contributed by atoms with Gasteiger partial charge in [0.2, 0.25) is 0 Å². The molecule has 29 heavy (non-hydrogen) atoms. The molecule has 1 aliphatic heterocycles. The molecule has 1 unspecified atom stereocenters. The van der Waals surface area contributed by atoms with E-state index in [1.807, 2.05) is 31.2 Å². The van der Waals surface area contributed by atoms with Gasteiger partial charge in [0.25, 0.3) is 0 Å². The van der Waals surface area contributed by atoms with Crippen molar-refractivity contribution in [3.8, 4) is 0 Å². The minimum Gasteiger partial charge on any atom is -0.335 e. The first-order valence-electron chi connectivity index (χ1n) is 9.80. The lowest BCUT2D eigenvalue weighted by Gasteiger charge is -2.39. The molecule has 156 valence electrons. The molecule has 2 aromatic carbocycles. The fraction of sp³-hybridized carbons (Fsp3) is 0.435. The maximum absolute atomic E-state index is 13.1. The predicted molar refractivity (Wildman–Crippen MR) is 108 cm³/mol. The zero-order valence-corrected chi connectivity index (χ0v) is 17.2. The number of carbonyl (C=O) groups is 1. The van der Waals surface area contributed by atoms with Gasteiger partial charge < -0.3 is 10.2 Å². The van der Waals surface area contributed by atoms with Crippen molar-refractivity contribution in [2.45, 2.75) is 52.4 Å². The van der Waals surface area contributed by atoms with Crippen LogP contribution in [0.5, 0.6) is 0 Å². The van der Waals surface area contributed by atoms with Crippen LogP contribution in [0, 0.1) is 5.41 Å². The lowest BCUT2D eigenvalue weighted by Crippen LogP contribution is -2.51. The van der Waals surface area contributed by atoms with Gasteiger partial charge in [0, 0.05) is 12.6 Å². The van der Waals surface area contributed by atoms with Gasteiger partial charge in [-0.25, -0.2) is 4.79 Å². The van der Waals surface area contributed by atoms with Crippen molar-refractivity contribution < 1.29 is 18.0 Å². The first-order valence-corrected chi connectivity index (χ1v) is 9.80. The van der Waals surface area contributed by atoms with E-state index in [0.29, 0.717) is 18.5 Å². The van der Waals surface area contributed by atoms with Crippen molar-refractivity contribution in [2.24, 2.45) is 5.41 Å². The molecule has 0 saturated heterocycles. The van der Waals surface area contributed by atoms with Crippen molar-refractivity contribution in [1.82, 2.24) is 10.2 Å². The summed E-state index contributed by atoms with van der Waals surface area (Å²) < 4.78 is 39.0. The molecular formula is C23H27F3N2O. The lowest BCUT2D eigenvalue weighted by molar-refractivity contribution is -0.137. The molecule has 6 heteroatoms. The third-order valence-corrected chi connectivity index (χ3v) is 5.74. The molecular weight excluding hydrogens is 377 g/mol. The van der Waals surface area contributed by atoms with Crippen LogP contribution in [-0.2, 0) is 12.6 Å². The molecule has 3 nitrogen and oxygen atoms in total. The van der Waals surface area contributed by atoms with Crippen molar-refractivity contribution >= 4 is 6.03 Å². The summed E-state index contributed by atoms with van der Waals surface area (Å²) in [7, 11) is 0. The lowest BCUT2D eigenvalue weighted by atomic mass is 9.87. The summed E-state index contributed by atoms with van der Waals surface area (Å²) in [5.41, 5.74) is 1.95. The molecule has 0 bridgehead atoms. The average molecular weight is 404 g/mol. The monoisotopic (exact) mass is 404 g/mol. The van der Waals surface area contributed by atoms with E-state index in [-0.39, 0.29) is 17.5 Å². The number of rotatable bonds is 2. The van der Waals surface area contributed by atoms with Crippen LogP contribution in [0.15, 0.2) is 48.5 Å². The molecule has 0 fully saturated rings. The number of fused-ring (bicyclic) bond motifs is 1. The first kappa shape index (κ1) is 21.2. The number of nitrogens with zero attached hydrogens (tertiary/aromatic N) is 1. The summed E-state index contributed by atoms with van der Waals surface area (Å²) in [5, 5.41) is 3.06. The van der Waals surface area contributed by atoms with Crippen LogP contribution in [0.1, 0.15) is 56.0 Å².